The van der Waals surface area contributed by atoms with Gasteiger partial charge in [-0.1, -0.05) is 6.07 Å². The first kappa shape index (κ1) is 12.8. The summed E-state index contributed by atoms with van der Waals surface area (Å²) in [7, 11) is 0. The van der Waals surface area contributed by atoms with Crippen molar-refractivity contribution in [3.05, 3.63) is 22.4 Å². The number of azo groups is 1. The highest BCUT2D eigenvalue weighted by atomic mass is 32.1. The van der Waals surface area contributed by atoms with Gasteiger partial charge in [-0.05, 0) is 30.8 Å². The molecule has 0 spiro atoms. The fourth-order valence-corrected chi connectivity index (χ4v) is 1.77. The van der Waals surface area contributed by atoms with Crippen LogP contribution >= 0.6 is 11.3 Å². The van der Waals surface area contributed by atoms with E-state index in [9.17, 15) is 4.79 Å². The van der Waals surface area contributed by atoms with Crippen molar-refractivity contribution in [1.29, 1.82) is 0 Å². The first-order valence-electron chi connectivity index (χ1n) is 5.06. The van der Waals surface area contributed by atoms with Gasteiger partial charge in [0.2, 0.25) is 0 Å². The van der Waals surface area contributed by atoms with Gasteiger partial charge >= 0.3 is 5.97 Å². The topological polar surface area (TPSA) is 88.0 Å². The molecule has 0 aromatic carbocycles. The van der Waals surface area contributed by atoms with Gasteiger partial charge in [0.1, 0.15) is 0 Å². The second-order valence-electron chi connectivity index (χ2n) is 3.28. The molecule has 1 atom stereocenters. The number of carboxylic acids is 1. The van der Waals surface area contributed by atoms with E-state index in [0.717, 1.165) is 4.88 Å². The van der Waals surface area contributed by atoms with Gasteiger partial charge in [-0.3, -0.25) is 0 Å². The molecular formula is C10H15N3O2S. The predicted molar refractivity (Wildman–Crippen MR) is 62.6 cm³/mol. The normalized spacial score (nSPS) is 13.1. The van der Waals surface area contributed by atoms with E-state index >= 15 is 0 Å². The summed E-state index contributed by atoms with van der Waals surface area (Å²) in [6.45, 7) is 0.925. The third-order valence-electron chi connectivity index (χ3n) is 1.99. The molecular weight excluding hydrogens is 226 g/mol. The molecule has 0 amide bonds. The standard InChI is InChI=1S/C10H15N3O2S/c11-5-1-4-9(10(14)15)13-12-7-8-3-2-6-16-8/h2-3,6,9H,1,4-5,7,11H2,(H,14,15)/t9-/m0/s1. The van der Waals surface area contributed by atoms with Crippen LogP contribution in [0.3, 0.4) is 0 Å². The van der Waals surface area contributed by atoms with Gasteiger partial charge in [0.15, 0.2) is 6.04 Å². The Morgan fingerprint density at radius 1 is 1.62 bits per heavy atom. The number of aliphatic carboxylic acids is 1. The molecule has 16 heavy (non-hydrogen) atoms. The Morgan fingerprint density at radius 3 is 3.00 bits per heavy atom. The second kappa shape index (κ2) is 7.08. The number of hydrogen-bond donors (Lipinski definition) is 2. The maximum Gasteiger partial charge on any atom is 0.330 e. The third kappa shape index (κ3) is 4.50. The Morgan fingerprint density at radius 2 is 2.44 bits per heavy atom. The minimum absolute atomic E-state index is 0.444. The largest absolute Gasteiger partial charge is 0.480 e. The molecule has 6 heteroatoms. The van der Waals surface area contributed by atoms with E-state index in [1.165, 1.54) is 0 Å². The second-order valence-corrected chi connectivity index (χ2v) is 4.31. The van der Waals surface area contributed by atoms with E-state index in [-0.39, 0.29) is 0 Å². The van der Waals surface area contributed by atoms with E-state index in [2.05, 4.69) is 10.2 Å². The van der Waals surface area contributed by atoms with Crippen LogP contribution in [0.2, 0.25) is 0 Å². The summed E-state index contributed by atoms with van der Waals surface area (Å²) < 4.78 is 0. The summed E-state index contributed by atoms with van der Waals surface area (Å²) in [5.41, 5.74) is 5.32. The molecule has 0 radical (unpaired) electrons. The molecule has 0 bridgehead atoms. The number of nitrogens with two attached hydrogens (primary N) is 1. The number of nitrogens with zero attached hydrogens (tertiary/aromatic N) is 2. The number of carboxylic acid groups (broad SMARTS) is 1. The van der Waals surface area contributed by atoms with Gasteiger partial charge in [0.05, 0.1) is 6.54 Å². The number of rotatable bonds is 7. The fourth-order valence-electron chi connectivity index (χ4n) is 1.15. The number of thiophene rings is 1. The molecule has 1 rings (SSSR count). The number of hydrogen-bond acceptors (Lipinski definition) is 5. The molecule has 0 aliphatic rings. The van der Waals surface area contributed by atoms with Crippen LogP contribution in [0.25, 0.3) is 0 Å². The van der Waals surface area contributed by atoms with Crippen LogP contribution in [0.15, 0.2) is 27.7 Å². The highest BCUT2D eigenvalue weighted by Crippen LogP contribution is 2.11. The molecule has 88 valence electrons. The van der Waals surface area contributed by atoms with Crippen LogP contribution in [0.4, 0.5) is 0 Å². The summed E-state index contributed by atoms with van der Waals surface area (Å²) in [5, 5.41) is 18.5. The van der Waals surface area contributed by atoms with Crippen molar-refractivity contribution in [2.75, 3.05) is 6.54 Å². The molecule has 3 N–H and O–H groups in total. The smallest absolute Gasteiger partial charge is 0.330 e. The fraction of sp³-hybridized carbons (Fsp3) is 0.500. The lowest BCUT2D eigenvalue weighted by Gasteiger charge is -2.03. The lowest BCUT2D eigenvalue weighted by molar-refractivity contribution is -0.138. The first-order chi connectivity index (χ1) is 7.74. The van der Waals surface area contributed by atoms with Gasteiger partial charge in [-0.25, -0.2) is 4.79 Å². The van der Waals surface area contributed by atoms with Crippen LogP contribution in [-0.2, 0) is 11.3 Å². The van der Waals surface area contributed by atoms with Crippen LogP contribution in [0.1, 0.15) is 17.7 Å². The van der Waals surface area contributed by atoms with Gasteiger partial charge in [0.25, 0.3) is 0 Å². The van der Waals surface area contributed by atoms with Crippen LogP contribution < -0.4 is 5.73 Å². The molecule has 1 aromatic rings. The first-order valence-corrected chi connectivity index (χ1v) is 5.94. The van der Waals surface area contributed by atoms with E-state index in [1.807, 2.05) is 17.5 Å². The zero-order valence-electron chi connectivity index (χ0n) is 8.87. The monoisotopic (exact) mass is 241 g/mol. The molecule has 0 saturated heterocycles. The molecule has 5 nitrogen and oxygen atoms in total. The maximum absolute atomic E-state index is 10.8. The van der Waals surface area contributed by atoms with Crippen molar-refractivity contribution in [1.82, 2.24) is 0 Å². The minimum Gasteiger partial charge on any atom is -0.480 e. The van der Waals surface area contributed by atoms with E-state index in [4.69, 9.17) is 10.8 Å². The minimum atomic E-state index is -0.941. The Bertz CT molecular complexity index is 338. The number of carbonyl (C=O) groups is 1. The highest BCUT2D eigenvalue weighted by molar-refractivity contribution is 7.09. The molecule has 1 heterocycles. The Kier molecular flexibility index (Phi) is 5.66. The summed E-state index contributed by atoms with van der Waals surface area (Å²) in [4.78, 5) is 11.9. The predicted octanol–water partition coefficient (Wildman–Crippen LogP) is 1.89. The van der Waals surface area contributed by atoms with E-state index in [1.54, 1.807) is 11.3 Å². The molecule has 0 aliphatic carbocycles. The maximum atomic E-state index is 10.8. The molecule has 0 unspecified atom stereocenters. The van der Waals surface area contributed by atoms with Gasteiger partial charge in [-0.2, -0.15) is 10.2 Å². The van der Waals surface area contributed by atoms with Crippen molar-refractivity contribution in [3.8, 4) is 0 Å². The van der Waals surface area contributed by atoms with Gasteiger partial charge in [0, 0.05) is 4.88 Å². The van der Waals surface area contributed by atoms with Crippen LogP contribution in [0.5, 0.6) is 0 Å². The highest BCUT2D eigenvalue weighted by Gasteiger charge is 2.15. The van der Waals surface area contributed by atoms with Crippen molar-refractivity contribution < 1.29 is 9.90 Å². The van der Waals surface area contributed by atoms with Crippen molar-refractivity contribution in [2.45, 2.75) is 25.4 Å². The third-order valence-corrected chi connectivity index (χ3v) is 2.86. The Labute approximate surface area is 98.0 Å². The van der Waals surface area contributed by atoms with Crippen LogP contribution in [-0.4, -0.2) is 23.7 Å². The van der Waals surface area contributed by atoms with Crippen molar-refractivity contribution >= 4 is 17.3 Å². The lowest BCUT2D eigenvalue weighted by Crippen LogP contribution is -2.18. The zero-order valence-corrected chi connectivity index (χ0v) is 9.69. The Hall–Kier alpha value is -1.27. The Balaban J connectivity index is 2.41. The average Bonchev–Trinajstić information content (AvgIpc) is 2.75. The van der Waals surface area contributed by atoms with E-state index < -0.39 is 12.0 Å². The molecule has 0 saturated carbocycles. The summed E-state index contributed by atoms with van der Waals surface area (Å²) >= 11 is 1.58. The molecule has 0 aliphatic heterocycles. The SMILES string of the molecule is NCCC[C@H](N=NCc1cccs1)C(=O)O. The van der Waals surface area contributed by atoms with E-state index in [0.29, 0.717) is 25.9 Å². The summed E-state index contributed by atoms with van der Waals surface area (Å²) in [6, 6.07) is 3.11. The average molecular weight is 241 g/mol. The van der Waals surface area contributed by atoms with Crippen molar-refractivity contribution in [2.24, 2.45) is 16.0 Å². The molecule has 1 aromatic heterocycles. The summed E-state index contributed by atoms with van der Waals surface area (Å²) in [6.07, 6.45) is 1.09. The van der Waals surface area contributed by atoms with Gasteiger partial charge < -0.3 is 10.8 Å². The zero-order chi connectivity index (χ0) is 11.8. The lowest BCUT2D eigenvalue weighted by atomic mass is 10.2. The summed E-state index contributed by atoms with van der Waals surface area (Å²) in [5.74, 6) is -0.941. The molecule has 0 fully saturated rings. The van der Waals surface area contributed by atoms with Gasteiger partial charge in [-0.15, -0.1) is 11.3 Å². The van der Waals surface area contributed by atoms with Crippen molar-refractivity contribution in [3.63, 3.8) is 0 Å². The van der Waals surface area contributed by atoms with Crippen LogP contribution in [0, 0.1) is 0 Å². The quantitative estimate of drug-likeness (QED) is 0.714.